The Labute approximate surface area is 97.1 Å². The molecule has 13 heavy (non-hydrogen) atoms. The summed E-state index contributed by atoms with van der Waals surface area (Å²) in [7, 11) is 0. The van der Waals surface area contributed by atoms with E-state index >= 15 is 0 Å². The summed E-state index contributed by atoms with van der Waals surface area (Å²) < 4.78 is 0. The molecular weight excluding hydrogens is 151 g/mol. The minimum atomic E-state index is 0. The first kappa shape index (κ1) is 16.0. The fourth-order valence-corrected chi connectivity index (χ4v) is 1.49. The molecule has 0 bridgehead atoms. The summed E-state index contributed by atoms with van der Waals surface area (Å²) in [6.07, 6.45) is 13.9. The van der Waals surface area contributed by atoms with E-state index in [1.54, 1.807) is 0 Å². The van der Waals surface area contributed by atoms with Gasteiger partial charge in [0.25, 0.3) is 0 Å². The van der Waals surface area contributed by atoms with Gasteiger partial charge in [-0.15, -0.1) is 0 Å². The molecule has 0 aliphatic rings. The molecule has 0 nitrogen and oxygen atoms in total. The van der Waals surface area contributed by atoms with Crippen molar-refractivity contribution in [1.29, 1.82) is 0 Å². The van der Waals surface area contributed by atoms with Gasteiger partial charge in [0.05, 0.1) is 0 Å². The molecule has 0 aromatic heterocycles. The summed E-state index contributed by atoms with van der Waals surface area (Å²) in [4.78, 5) is 0. The maximum absolute atomic E-state index is 3.84. The van der Waals surface area contributed by atoms with Crippen LogP contribution in [0.4, 0.5) is 0 Å². The molecule has 1 radical (unpaired) electrons. The average molecular weight is 177 g/mol. The fraction of sp³-hybridized carbons (Fsp3) is 0.917. The molecule has 75 valence electrons. The van der Waals surface area contributed by atoms with Gasteiger partial charge in [0.1, 0.15) is 0 Å². The Bertz CT molecular complexity index is 61.5. The zero-order chi connectivity index (χ0) is 9.07. The zero-order valence-corrected chi connectivity index (χ0v) is 8.78. The van der Waals surface area contributed by atoms with Crippen molar-refractivity contribution in [2.24, 2.45) is 0 Å². The van der Waals surface area contributed by atoms with Gasteiger partial charge >= 0.3 is 18.9 Å². The first-order chi connectivity index (χ1) is 5.91. The van der Waals surface area contributed by atoms with E-state index in [9.17, 15) is 0 Å². The fourth-order valence-electron chi connectivity index (χ4n) is 1.49. The van der Waals surface area contributed by atoms with E-state index in [0.717, 1.165) is 6.42 Å². The second-order valence-corrected chi connectivity index (χ2v) is 3.68. The number of hydrogen-bond acceptors (Lipinski definition) is 0. The zero-order valence-electron chi connectivity index (χ0n) is 8.78. The van der Waals surface area contributed by atoms with Crippen LogP contribution in [0.15, 0.2) is 0 Å². The Hall–Kier alpha value is 0.597. The average Bonchev–Trinajstić information content (AvgIpc) is 2.10. The van der Waals surface area contributed by atoms with Gasteiger partial charge in [-0.3, -0.25) is 0 Å². The van der Waals surface area contributed by atoms with Crippen molar-refractivity contribution < 1.29 is 0 Å². The summed E-state index contributed by atoms with van der Waals surface area (Å²) in [5.74, 6) is 0. The second kappa shape index (κ2) is 15.1. The van der Waals surface area contributed by atoms with E-state index in [1.807, 2.05) is 0 Å². The van der Waals surface area contributed by atoms with Crippen LogP contribution in [0.3, 0.4) is 0 Å². The number of hydrogen-bond donors (Lipinski definition) is 0. The molecule has 0 atom stereocenters. The van der Waals surface area contributed by atoms with E-state index in [4.69, 9.17) is 0 Å². The van der Waals surface area contributed by atoms with Gasteiger partial charge < -0.3 is 0 Å². The predicted octanol–water partition coefficient (Wildman–Crippen LogP) is 4.09. The standard InChI is InChI=1S/C12H25.Li.H/c1-3-5-7-9-11-12-10-8-6-4-2;;/h1,3-12H2,2H3;;. The van der Waals surface area contributed by atoms with Crippen LogP contribution in [-0.4, -0.2) is 18.9 Å². The summed E-state index contributed by atoms with van der Waals surface area (Å²) in [6.45, 7) is 6.12. The molecular formula is C12H26Li. The third-order valence-corrected chi connectivity index (χ3v) is 2.35. The van der Waals surface area contributed by atoms with Crippen molar-refractivity contribution in [2.75, 3.05) is 0 Å². The molecule has 0 aromatic rings. The first-order valence-corrected chi connectivity index (χ1v) is 5.71. The summed E-state index contributed by atoms with van der Waals surface area (Å²) in [5.41, 5.74) is 0. The monoisotopic (exact) mass is 177 g/mol. The van der Waals surface area contributed by atoms with Gasteiger partial charge in [0.2, 0.25) is 0 Å². The van der Waals surface area contributed by atoms with Gasteiger partial charge in [0, 0.05) is 0 Å². The second-order valence-electron chi connectivity index (χ2n) is 3.68. The molecule has 0 aliphatic heterocycles. The Morgan fingerprint density at radius 3 is 1.46 bits per heavy atom. The van der Waals surface area contributed by atoms with Crippen molar-refractivity contribution >= 4 is 18.9 Å². The Morgan fingerprint density at radius 2 is 1.08 bits per heavy atom. The normalized spacial score (nSPS) is 9.69. The summed E-state index contributed by atoms with van der Waals surface area (Å²) in [6, 6.07) is 0. The van der Waals surface area contributed by atoms with Crippen LogP contribution in [0, 0.1) is 6.92 Å². The van der Waals surface area contributed by atoms with Crippen molar-refractivity contribution in [1.82, 2.24) is 0 Å². The van der Waals surface area contributed by atoms with E-state index < -0.39 is 0 Å². The van der Waals surface area contributed by atoms with Crippen molar-refractivity contribution in [2.45, 2.75) is 71.1 Å². The van der Waals surface area contributed by atoms with Crippen LogP contribution in [0.5, 0.6) is 0 Å². The van der Waals surface area contributed by atoms with Crippen LogP contribution in [0.2, 0.25) is 0 Å². The van der Waals surface area contributed by atoms with Gasteiger partial charge in [-0.05, 0) is 0 Å². The minimum absolute atomic E-state index is 0. The molecule has 0 saturated heterocycles. The van der Waals surface area contributed by atoms with Crippen LogP contribution < -0.4 is 0 Å². The summed E-state index contributed by atoms with van der Waals surface area (Å²) in [5, 5.41) is 0. The molecule has 0 heterocycles. The van der Waals surface area contributed by atoms with Gasteiger partial charge in [0.15, 0.2) is 0 Å². The van der Waals surface area contributed by atoms with Crippen LogP contribution in [0.25, 0.3) is 0 Å². The van der Waals surface area contributed by atoms with Crippen LogP contribution in [-0.2, 0) is 0 Å². The van der Waals surface area contributed by atoms with Crippen molar-refractivity contribution in [3.8, 4) is 0 Å². The molecule has 0 spiro atoms. The quantitative estimate of drug-likeness (QED) is 0.367. The topological polar surface area (TPSA) is 0 Å². The van der Waals surface area contributed by atoms with Gasteiger partial charge in [-0.25, -0.2) is 0 Å². The molecule has 0 aliphatic carbocycles. The molecule has 0 fully saturated rings. The Balaban J connectivity index is 0. The molecule has 0 aromatic carbocycles. The third kappa shape index (κ3) is 15.4. The third-order valence-electron chi connectivity index (χ3n) is 2.35. The van der Waals surface area contributed by atoms with E-state index in [2.05, 4.69) is 13.8 Å². The SMILES string of the molecule is [CH2]CCCCCCCCCCC.[LiH]. The van der Waals surface area contributed by atoms with Crippen LogP contribution >= 0.6 is 0 Å². The molecule has 0 N–H and O–H groups in total. The van der Waals surface area contributed by atoms with E-state index in [-0.39, 0.29) is 18.9 Å². The molecule has 0 unspecified atom stereocenters. The summed E-state index contributed by atoms with van der Waals surface area (Å²) >= 11 is 0. The van der Waals surface area contributed by atoms with E-state index in [1.165, 1.54) is 57.8 Å². The molecule has 0 rings (SSSR count). The van der Waals surface area contributed by atoms with Crippen LogP contribution in [0.1, 0.15) is 71.1 Å². The number of unbranched alkanes of at least 4 members (excludes halogenated alkanes) is 9. The van der Waals surface area contributed by atoms with Gasteiger partial charge in [-0.1, -0.05) is 78.1 Å². The van der Waals surface area contributed by atoms with Crippen molar-refractivity contribution in [3.05, 3.63) is 6.92 Å². The molecule has 1 heteroatoms. The maximum atomic E-state index is 3.84. The Kier molecular flexibility index (Phi) is 18.6. The Morgan fingerprint density at radius 1 is 0.692 bits per heavy atom. The van der Waals surface area contributed by atoms with E-state index in [0.29, 0.717) is 0 Å². The number of rotatable bonds is 9. The van der Waals surface area contributed by atoms with Gasteiger partial charge in [-0.2, -0.15) is 0 Å². The first-order valence-electron chi connectivity index (χ1n) is 5.71. The molecule has 0 amide bonds. The van der Waals surface area contributed by atoms with Crippen molar-refractivity contribution in [3.63, 3.8) is 0 Å². The molecule has 0 saturated carbocycles. The predicted molar refractivity (Wildman–Crippen MR) is 64.4 cm³/mol.